The van der Waals surface area contributed by atoms with Crippen LogP contribution in [-0.4, -0.2) is 19.8 Å². The van der Waals surface area contributed by atoms with Crippen LogP contribution in [0.4, 0.5) is 0 Å². The molecular weight excluding hydrogens is 190 g/mol. The van der Waals surface area contributed by atoms with Gasteiger partial charge in [-0.1, -0.05) is 0 Å². The molecule has 0 aliphatic heterocycles. The van der Waals surface area contributed by atoms with E-state index in [0.717, 1.165) is 23.5 Å². The Morgan fingerprint density at radius 1 is 1.20 bits per heavy atom. The fourth-order valence-electron chi connectivity index (χ4n) is 1.51. The Morgan fingerprint density at radius 2 is 1.87 bits per heavy atom. The Bertz CT molecular complexity index is 329. The van der Waals surface area contributed by atoms with Gasteiger partial charge in [0.2, 0.25) is 0 Å². The van der Waals surface area contributed by atoms with Crippen LogP contribution in [0.2, 0.25) is 0 Å². The summed E-state index contributed by atoms with van der Waals surface area (Å²) in [6.45, 7) is 3.98. The van der Waals surface area contributed by atoms with Crippen LogP contribution < -0.4 is 15.2 Å². The molecule has 1 aromatic carbocycles. The van der Waals surface area contributed by atoms with Crippen LogP contribution in [0.1, 0.15) is 19.4 Å². The number of methoxy groups -OCH3 is 2. The highest BCUT2D eigenvalue weighted by Crippen LogP contribution is 2.26. The lowest BCUT2D eigenvalue weighted by atomic mass is 9.95. The predicted octanol–water partition coefficient (Wildman–Crippen LogP) is 1.98. The van der Waals surface area contributed by atoms with Gasteiger partial charge in [0, 0.05) is 5.54 Å². The van der Waals surface area contributed by atoms with Gasteiger partial charge in [0.05, 0.1) is 14.2 Å². The summed E-state index contributed by atoms with van der Waals surface area (Å²) in [5, 5.41) is 0. The summed E-state index contributed by atoms with van der Waals surface area (Å²) in [5.41, 5.74) is 6.81. The first-order valence-corrected chi connectivity index (χ1v) is 4.96. The molecule has 0 aromatic heterocycles. The van der Waals surface area contributed by atoms with Crippen molar-refractivity contribution in [2.45, 2.75) is 25.8 Å². The van der Waals surface area contributed by atoms with E-state index >= 15 is 0 Å². The zero-order chi connectivity index (χ0) is 11.5. The number of benzene rings is 1. The van der Waals surface area contributed by atoms with E-state index in [4.69, 9.17) is 15.2 Å². The Hall–Kier alpha value is -1.22. The van der Waals surface area contributed by atoms with Crippen LogP contribution in [0.15, 0.2) is 18.2 Å². The zero-order valence-corrected chi connectivity index (χ0v) is 9.83. The molecule has 0 atom stereocenters. The molecule has 0 amide bonds. The van der Waals surface area contributed by atoms with Gasteiger partial charge in [0.25, 0.3) is 0 Å². The first-order chi connectivity index (χ1) is 6.96. The molecule has 0 unspecified atom stereocenters. The number of hydrogen-bond acceptors (Lipinski definition) is 3. The topological polar surface area (TPSA) is 44.5 Å². The third-order valence-electron chi connectivity index (χ3n) is 2.13. The van der Waals surface area contributed by atoms with Crippen molar-refractivity contribution in [1.29, 1.82) is 0 Å². The van der Waals surface area contributed by atoms with Gasteiger partial charge in [0.1, 0.15) is 11.5 Å². The Morgan fingerprint density at radius 3 is 2.33 bits per heavy atom. The molecule has 3 nitrogen and oxygen atoms in total. The number of rotatable bonds is 4. The molecular formula is C12H19NO2. The minimum absolute atomic E-state index is 0.250. The van der Waals surface area contributed by atoms with Crippen LogP contribution in [0.5, 0.6) is 11.5 Å². The highest BCUT2D eigenvalue weighted by Gasteiger charge is 2.15. The highest BCUT2D eigenvalue weighted by molar-refractivity contribution is 5.41. The summed E-state index contributed by atoms with van der Waals surface area (Å²) >= 11 is 0. The first kappa shape index (κ1) is 11.9. The summed E-state index contributed by atoms with van der Waals surface area (Å²) in [4.78, 5) is 0. The Labute approximate surface area is 91.2 Å². The molecule has 3 heteroatoms. The number of ether oxygens (including phenoxy) is 2. The van der Waals surface area contributed by atoms with Crippen molar-refractivity contribution in [2.75, 3.05) is 14.2 Å². The van der Waals surface area contributed by atoms with E-state index in [1.807, 2.05) is 32.0 Å². The maximum Gasteiger partial charge on any atom is 0.122 e. The minimum atomic E-state index is -0.250. The van der Waals surface area contributed by atoms with Gasteiger partial charge in [-0.3, -0.25) is 0 Å². The smallest absolute Gasteiger partial charge is 0.122 e. The average molecular weight is 209 g/mol. The largest absolute Gasteiger partial charge is 0.497 e. The Balaban J connectivity index is 3.01. The van der Waals surface area contributed by atoms with E-state index in [-0.39, 0.29) is 5.54 Å². The fraction of sp³-hybridized carbons (Fsp3) is 0.500. The maximum atomic E-state index is 5.99. The lowest BCUT2D eigenvalue weighted by Crippen LogP contribution is -2.34. The standard InChI is InChI=1S/C12H19NO2/c1-12(2,13)8-9-7-10(14-3)5-6-11(9)15-4/h5-7H,8,13H2,1-4H3. The van der Waals surface area contributed by atoms with Crippen molar-refractivity contribution in [1.82, 2.24) is 0 Å². The molecule has 0 heterocycles. The lowest BCUT2D eigenvalue weighted by molar-refractivity contribution is 0.392. The number of hydrogen-bond donors (Lipinski definition) is 1. The number of nitrogens with two attached hydrogens (primary N) is 1. The zero-order valence-electron chi connectivity index (χ0n) is 9.83. The van der Waals surface area contributed by atoms with Crippen LogP contribution in [-0.2, 0) is 6.42 Å². The van der Waals surface area contributed by atoms with Crippen molar-refractivity contribution in [3.63, 3.8) is 0 Å². The molecule has 2 N–H and O–H groups in total. The van der Waals surface area contributed by atoms with E-state index in [0.29, 0.717) is 0 Å². The first-order valence-electron chi connectivity index (χ1n) is 4.96. The maximum absolute atomic E-state index is 5.99. The average Bonchev–Trinajstić information content (AvgIpc) is 2.15. The van der Waals surface area contributed by atoms with Crippen molar-refractivity contribution >= 4 is 0 Å². The molecule has 0 saturated heterocycles. The predicted molar refractivity (Wildman–Crippen MR) is 61.5 cm³/mol. The van der Waals surface area contributed by atoms with Gasteiger partial charge in [-0.25, -0.2) is 0 Å². The van der Waals surface area contributed by atoms with Gasteiger partial charge < -0.3 is 15.2 Å². The van der Waals surface area contributed by atoms with E-state index in [2.05, 4.69) is 0 Å². The molecule has 0 aliphatic carbocycles. The molecule has 0 saturated carbocycles. The molecule has 84 valence electrons. The molecule has 0 aliphatic rings. The molecule has 0 spiro atoms. The second kappa shape index (κ2) is 4.53. The third kappa shape index (κ3) is 3.44. The summed E-state index contributed by atoms with van der Waals surface area (Å²) in [6, 6.07) is 5.75. The van der Waals surface area contributed by atoms with E-state index < -0.39 is 0 Å². The quantitative estimate of drug-likeness (QED) is 0.824. The van der Waals surface area contributed by atoms with Crippen molar-refractivity contribution < 1.29 is 9.47 Å². The molecule has 1 rings (SSSR count). The second-order valence-corrected chi connectivity index (χ2v) is 4.34. The molecule has 0 radical (unpaired) electrons. The van der Waals surface area contributed by atoms with Gasteiger partial charge in [0.15, 0.2) is 0 Å². The normalized spacial score (nSPS) is 11.3. The summed E-state index contributed by atoms with van der Waals surface area (Å²) < 4.78 is 10.5. The SMILES string of the molecule is COc1ccc(OC)c(CC(C)(C)N)c1. The molecule has 0 bridgehead atoms. The molecule has 1 aromatic rings. The summed E-state index contributed by atoms with van der Waals surface area (Å²) in [5.74, 6) is 1.68. The minimum Gasteiger partial charge on any atom is -0.497 e. The highest BCUT2D eigenvalue weighted by atomic mass is 16.5. The van der Waals surface area contributed by atoms with Gasteiger partial charge in [-0.15, -0.1) is 0 Å². The fourth-order valence-corrected chi connectivity index (χ4v) is 1.51. The van der Waals surface area contributed by atoms with Crippen molar-refractivity contribution in [3.8, 4) is 11.5 Å². The van der Waals surface area contributed by atoms with E-state index in [1.54, 1.807) is 14.2 Å². The van der Waals surface area contributed by atoms with Crippen molar-refractivity contribution in [2.24, 2.45) is 5.73 Å². The van der Waals surface area contributed by atoms with E-state index in [1.165, 1.54) is 0 Å². The van der Waals surface area contributed by atoms with Crippen LogP contribution in [0, 0.1) is 0 Å². The van der Waals surface area contributed by atoms with Gasteiger partial charge >= 0.3 is 0 Å². The van der Waals surface area contributed by atoms with Crippen LogP contribution in [0.3, 0.4) is 0 Å². The lowest BCUT2D eigenvalue weighted by Gasteiger charge is -2.20. The van der Waals surface area contributed by atoms with Crippen LogP contribution >= 0.6 is 0 Å². The summed E-state index contributed by atoms with van der Waals surface area (Å²) in [7, 11) is 3.31. The molecule has 0 fully saturated rings. The second-order valence-electron chi connectivity index (χ2n) is 4.34. The van der Waals surface area contributed by atoms with Gasteiger partial charge in [-0.05, 0) is 44.0 Å². The van der Waals surface area contributed by atoms with Gasteiger partial charge in [-0.2, -0.15) is 0 Å². The van der Waals surface area contributed by atoms with Crippen molar-refractivity contribution in [3.05, 3.63) is 23.8 Å². The molecule has 15 heavy (non-hydrogen) atoms. The van der Waals surface area contributed by atoms with Crippen LogP contribution in [0.25, 0.3) is 0 Å². The Kier molecular flexibility index (Phi) is 3.58. The van der Waals surface area contributed by atoms with E-state index in [9.17, 15) is 0 Å². The monoisotopic (exact) mass is 209 g/mol. The third-order valence-corrected chi connectivity index (χ3v) is 2.13. The summed E-state index contributed by atoms with van der Waals surface area (Å²) in [6.07, 6.45) is 0.757.